The van der Waals surface area contributed by atoms with Crippen LogP contribution in [0.15, 0.2) is 0 Å². The van der Waals surface area contributed by atoms with Crippen LogP contribution in [0.25, 0.3) is 0 Å². The molecule has 0 saturated carbocycles. The first-order valence-corrected chi connectivity index (χ1v) is 40.5. The summed E-state index contributed by atoms with van der Waals surface area (Å²) in [5.41, 5.74) is 0. The van der Waals surface area contributed by atoms with E-state index >= 15 is 0 Å². The normalized spacial score (nSPS) is 14.1. The molecule has 2 unspecified atom stereocenters. The highest BCUT2D eigenvalue weighted by Crippen LogP contribution is 2.45. The van der Waals surface area contributed by atoms with Crippen LogP contribution in [0.3, 0.4) is 0 Å². The highest BCUT2D eigenvalue weighted by atomic mass is 31.2. The van der Waals surface area contributed by atoms with Gasteiger partial charge in [-0.2, -0.15) is 0 Å². The maximum atomic E-state index is 13.0. The number of aliphatic hydroxyl groups is 1. The number of hydrogen-bond donors (Lipinski definition) is 3. The fourth-order valence-corrected chi connectivity index (χ4v) is 12.5. The molecule has 5 atom stereocenters. The molecular weight excluding hydrogens is 1200 g/mol. The minimum Gasteiger partial charge on any atom is -0.462 e. The molecule has 0 bridgehead atoms. The Morgan fingerprint density at radius 1 is 0.297 bits per heavy atom. The van der Waals surface area contributed by atoms with Crippen molar-refractivity contribution in [3.8, 4) is 0 Å². The Morgan fingerprint density at radius 3 is 0.747 bits per heavy atom. The van der Waals surface area contributed by atoms with Crippen molar-refractivity contribution >= 4 is 39.5 Å². The summed E-state index contributed by atoms with van der Waals surface area (Å²) in [5, 5.41) is 10.6. The second kappa shape index (κ2) is 64.1. The minimum atomic E-state index is -4.95. The predicted molar refractivity (Wildman–Crippen MR) is 368 cm³/mol. The fraction of sp³-hybridized carbons (Fsp3) is 0.944. The van der Waals surface area contributed by atoms with Crippen LogP contribution in [0.5, 0.6) is 0 Å². The number of rotatable bonds is 71. The average Bonchev–Trinajstić information content (AvgIpc) is 3.51. The van der Waals surface area contributed by atoms with E-state index in [-0.39, 0.29) is 25.7 Å². The van der Waals surface area contributed by atoms with Gasteiger partial charge >= 0.3 is 39.5 Å². The molecular formula is C72H140O17P2. The Bertz CT molecular complexity index is 1770. The molecule has 0 aromatic heterocycles. The minimum absolute atomic E-state index is 0.107. The van der Waals surface area contributed by atoms with Crippen LogP contribution in [0.2, 0.25) is 0 Å². The molecule has 0 radical (unpaired) electrons. The molecule has 0 amide bonds. The molecule has 3 N–H and O–H groups in total. The average molecular weight is 1340 g/mol. The van der Waals surface area contributed by atoms with Gasteiger partial charge in [-0.05, 0) is 37.5 Å². The molecule has 0 heterocycles. The monoisotopic (exact) mass is 1340 g/mol. The number of ether oxygens (including phenoxy) is 4. The zero-order valence-corrected chi connectivity index (χ0v) is 60.9. The second-order valence-corrected chi connectivity index (χ2v) is 29.8. The van der Waals surface area contributed by atoms with Crippen molar-refractivity contribution in [2.45, 2.75) is 387 Å². The Labute approximate surface area is 556 Å². The highest BCUT2D eigenvalue weighted by Gasteiger charge is 2.30. The van der Waals surface area contributed by atoms with Crippen LogP contribution >= 0.6 is 15.6 Å². The lowest BCUT2D eigenvalue weighted by molar-refractivity contribution is -0.161. The summed E-state index contributed by atoms with van der Waals surface area (Å²) in [6.07, 6.45) is 50.0. The Hall–Kier alpha value is -1.94. The van der Waals surface area contributed by atoms with E-state index < -0.39 is 97.5 Å². The Kier molecular flexibility index (Phi) is 62.7. The lowest BCUT2D eigenvalue weighted by Gasteiger charge is -2.21. The Morgan fingerprint density at radius 2 is 0.505 bits per heavy atom. The summed E-state index contributed by atoms with van der Waals surface area (Å²) in [7, 11) is -9.90. The summed E-state index contributed by atoms with van der Waals surface area (Å²) < 4.78 is 68.4. The molecule has 540 valence electrons. The molecule has 0 aromatic rings. The number of phosphoric ester groups is 2. The van der Waals surface area contributed by atoms with E-state index in [1.807, 2.05) is 0 Å². The topological polar surface area (TPSA) is 237 Å². The zero-order valence-electron chi connectivity index (χ0n) is 59.1. The van der Waals surface area contributed by atoms with Crippen LogP contribution in [0.4, 0.5) is 0 Å². The number of phosphoric acid groups is 2. The third kappa shape index (κ3) is 66.5. The largest absolute Gasteiger partial charge is 0.472 e. The smallest absolute Gasteiger partial charge is 0.462 e. The van der Waals surface area contributed by atoms with Crippen LogP contribution in [-0.2, 0) is 65.4 Å². The maximum absolute atomic E-state index is 13.0. The molecule has 0 aliphatic rings. The molecule has 0 spiro atoms. The first kappa shape index (κ1) is 89.1. The molecule has 17 nitrogen and oxygen atoms in total. The summed E-state index contributed by atoms with van der Waals surface area (Å²) in [5.74, 6) is -0.664. The number of carbonyl (C=O) groups excluding carboxylic acids is 4. The van der Waals surface area contributed by atoms with Gasteiger partial charge in [0.25, 0.3) is 0 Å². The number of hydrogen-bond acceptors (Lipinski definition) is 15. The van der Waals surface area contributed by atoms with E-state index in [2.05, 4.69) is 41.5 Å². The van der Waals surface area contributed by atoms with Gasteiger partial charge in [0.2, 0.25) is 0 Å². The van der Waals surface area contributed by atoms with Crippen molar-refractivity contribution < 1.29 is 80.2 Å². The number of esters is 4. The van der Waals surface area contributed by atoms with Crippen molar-refractivity contribution in [3.63, 3.8) is 0 Å². The number of aliphatic hydroxyl groups excluding tert-OH is 1. The third-order valence-electron chi connectivity index (χ3n) is 16.7. The standard InChI is InChI=1S/C72H140O17P2/c1-7-9-11-13-15-17-19-21-23-27-31-35-42-48-54-69(74)82-60-67(88-71(76)57-51-45-37-33-29-25-24-26-30-34-40-46-52-64(3)4)62-86-90(78,79)84-58-66(73)59-85-91(80,81)87-63-68(61-83-70(75)55-49-43-39-38-41-47-53-65(5)6)89-72(77)56-50-44-36-32-28-22-20-18-16-14-12-10-8-2/h64-68,73H,7-63H2,1-6H3,(H,78,79)(H,80,81)/t66-,67-,68-/m1/s1. The van der Waals surface area contributed by atoms with Crippen molar-refractivity contribution in [2.75, 3.05) is 39.6 Å². The first-order valence-electron chi connectivity index (χ1n) is 37.5. The maximum Gasteiger partial charge on any atom is 0.472 e. The lowest BCUT2D eigenvalue weighted by Crippen LogP contribution is -2.30. The Balaban J connectivity index is 5.24. The molecule has 0 aliphatic heterocycles. The van der Waals surface area contributed by atoms with E-state index in [1.165, 1.54) is 180 Å². The van der Waals surface area contributed by atoms with Crippen LogP contribution in [0, 0.1) is 11.8 Å². The van der Waals surface area contributed by atoms with E-state index in [1.54, 1.807) is 0 Å². The predicted octanol–water partition coefficient (Wildman–Crippen LogP) is 20.8. The molecule has 0 rings (SSSR count). The van der Waals surface area contributed by atoms with Gasteiger partial charge in [0.1, 0.15) is 19.3 Å². The summed E-state index contributed by atoms with van der Waals surface area (Å²) in [6.45, 7) is 9.50. The summed E-state index contributed by atoms with van der Waals surface area (Å²) in [6, 6.07) is 0. The van der Waals surface area contributed by atoms with Gasteiger partial charge in [0.15, 0.2) is 12.2 Å². The molecule has 19 heteroatoms. The molecule has 91 heavy (non-hydrogen) atoms. The van der Waals surface area contributed by atoms with Gasteiger partial charge in [0.05, 0.1) is 26.4 Å². The van der Waals surface area contributed by atoms with Crippen molar-refractivity contribution in [1.82, 2.24) is 0 Å². The third-order valence-corrected chi connectivity index (χ3v) is 18.6. The van der Waals surface area contributed by atoms with Crippen LogP contribution in [-0.4, -0.2) is 96.7 Å². The van der Waals surface area contributed by atoms with E-state index in [9.17, 15) is 43.2 Å². The van der Waals surface area contributed by atoms with Gasteiger partial charge < -0.3 is 33.8 Å². The second-order valence-electron chi connectivity index (χ2n) is 26.9. The number of unbranched alkanes of at least 4 members (excludes halogenated alkanes) is 41. The summed E-state index contributed by atoms with van der Waals surface area (Å²) >= 11 is 0. The van der Waals surface area contributed by atoms with Gasteiger partial charge in [-0.25, -0.2) is 9.13 Å². The van der Waals surface area contributed by atoms with E-state index in [4.69, 9.17) is 37.0 Å². The molecule has 0 aromatic carbocycles. The van der Waals surface area contributed by atoms with Gasteiger partial charge in [-0.15, -0.1) is 0 Å². The van der Waals surface area contributed by atoms with Gasteiger partial charge in [-0.1, -0.05) is 318 Å². The SMILES string of the molecule is CCCCCCCCCCCCCCCCC(=O)OC[C@H](COP(=O)(O)OC[C@@H](O)COP(=O)(O)OC[C@@H](COC(=O)CCCCCCCCC(C)C)OC(=O)CCCCCCCCCCCCCCC)OC(=O)CCCCCCCCCCCCCCC(C)C. The van der Waals surface area contributed by atoms with Crippen molar-refractivity contribution in [2.24, 2.45) is 11.8 Å². The first-order chi connectivity index (χ1) is 43.9. The van der Waals surface area contributed by atoms with Crippen molar-refractivity contribution in [1.29, 1.82) is 0 Å². The van der Waals surface area contributed by atoms with Gasteiger partial charge in [0, 0.05) is 25.7 Å². The zero-order chi connectivity index (χ0) is 67.2. The quantitative estimate of drug-likeness (QED) is 0.0222. The summed E-state index contributed by atoms with van der Waals surface area (Å²) in [4.78, 5) is 72.6. The number of carbonyl (C=O) groups is 4. The highest BCUT2D eigenvalue weighted by molar-refractivity contribution is 7.47. The van der Waals surface area contributed by atoms with Gasteiger partial charge in [-0.3, -0.25) is 37.3 Å². The lowest BCUT2D eigenvalue weighted by atomic mass is 10.0. The van der Waals surface area contributed by atoms with E-state index in [0.717, 1.165) is 102 Å². The van der Waals surface area contributed by atoms with Crippen LogP contribution in [0.1, 0.15) is 369 Å². The van der Waals surface area contributed by atoms with E-state index in [0.29, 0.717) is 31.6 Å². The van der Waals surface area contributed by atoms with Crippen molar-refractivity contribution in [3.05, 3.63) is 0 Å². The molecule has 0 aliphatic carbocycles. The fourth-order valence-electron chi connectivity index (χ4n) is 10.9. The van der Waals surface area contributed by atoms with Crippen LogP contribution < -0.4 is 0 Å². The molecule has 0 saturated heterocycles. The molecule has 0 fully saturated rings.